The average molecular weight is 272 g/mol. The lowest BCUT2D eigenvalue weighted by molar-refractivity contribution is 0.167. The van der Waals surface area contributed by atoms with E-state index >= 15 is 0 Å². The molecule has 0 radical (unpaired) electrons. The largest absolute Gasteiger partial charge is 0.394 e. The van der Waals surface area contributed by atoms with Crippen molar-refractivity contribution in [2.45, 2.75) is 58.0 Å². The summed E-state index contributed by atoms with van der Waals surface area (Å²) in [7, 11) is 0. The Labute approximate surface area is 115 Å². The second-order valence-electron chi connectivity index (χ2n) is 5.89. The molecule has 4 N–H and O–H groups in total. The number of carbonyl (C=O) groups is 1. The fourth-order valence-electron chi connectivity index (χ4n) is 2.70. The van der Waals surface area contributed by atoms with Gasteiger partial charge in [-0.3, -0.25) is 0 Å². The maximum Gasteiger partial charge on any atom is 0.315 e. The Morgan fingerprint density at radius 1 is 1.16 bits per heavy atom. The standard InChI is InChI=1S/C14H28N2O3/c1-10(2)11-4-3-5-12(7-6-11)15-14(19)16-13(8-17)9-18/h10-13,17-18H,3-9H2,1-2H3,(H2,15,16,19). The van der Waals surface area contributed by atoms with Gasteiger partial charge in [0, 0.05) is 6.04 Å². The Kier molecular flexibility index (Phi) is 7.16. The molecule has 0 aromatic carbocycles. The number of aliphatic hydroxyl groups is 2. The van der Waals surface area contributed by atoms with Gasteiger partial charge in [0.2, 0.25) is 0 Å². The van der Waals surface area contributed by atoms with Crippen LogP contribution in [0.25, 0.3) is 0 Å². The lowest BCUT2D eigenvalue weighted by atomic mass is 9.89. The molecule has 0 spiro atoms. The molecule has 112 valence electrons. The second-order valence-corrected chi connectivity index (χ2v) is 5.89. The van der Waals surface area contributed by atoms with Crippen molar-refractivity contribution < 1.29 is 15.0 Å². The highest BCUT2D eigenvalue weighted by Crippen LogP contribution is 2.28. The van der Waals surface area contributed by atoms with Gasteiger partial charge in [-0.05, 0) is 31.1 Å². The lowest BCUT2D eigenvalue weighted by Crippen LogP contribution is -2.48. The van der Waals surface area contributed by atoms with Crippen molar-refractivity contribution in [1.82, 2.24) is 10.6 Å². The molecule has 5 nitrogen and oxygen atoms in total. The van der Waals surface area contributed by atoms with Crippen molar-refractivity contribution >= 4 is 6.03 Å². The van der Waals surface area contributed by atoms with Crippen LogP contribution in [-0.2, 0) is 0 Å². The van der Waals surface area contributed by atoms with Crippen molar-refractivity contribution in [2.75, 3.05) is 13.2 Å². The van der Waals surface area contributed by atoms with Gasteiger partial charge in [-0.15, -0.1) is 0 Å². The molecule has 1 rings (SSSR count). The summed E-state index contributed by atoms with van der Waals surface area (Å²) in [6, 6.07) is -0.655. The van der Waals surface area contributed by atoms with E-state index in [4.69, 9.17) is 10.2 Å². The summed E-state index contributed by atoms with van der Waals surface area (Å²) < 4.78 is 0. The highest BCUT2D eigenvalue weighted by atomic mass is 16.3. The second kappa shape index (κ2) is 8.38. The molecule has 2 unspecified atom stereocenters. The van der Waals surface area contributed by atoms with Gasteiger partial charge >= 0.3 is 6.03 Å². The van der Waals surface area contributed by atoms with E-state index in [1.807, 2.05) is 0 Å². The van der Waals surface area contributed by atoms with E-state index in [0.717, 1.165) is 31.6 Å². The van der Waals surface area contributed by atoms with Crippen LogP contribution in [0.1, 0.15) is 46.0 Å². The Bertz CT molecular complexity index is 267. The zero-order valence-electron chi connectivity index (χ0n) is 12.1. The van der Waals surface area contributed by atoms with Crippen molar-refractivity contribution in [2.24, 2.45) is 11.8 Å². The van der Waals surface area contributed by atoms with Gasteiger partial charge < -0.3 is 20.8 Å². The molecule has 19 heavy (non-hydrogen) atoms. The molecular formula is C14H28N2O3. The summed E-state index contributed by atoms with van der Waals surface area (Å²) in [5, 5.41) is 23.4. The topological polar surface area (TPSA) is 81.6 Å². The number of urea groups is 1. The van der Waals surface area contributed by atoms with Crippen LogP contribution in [-0.4, -0.2) is 41.5 Å². The number of hydrogen-bond donors (Lipinski definition) is 4. The minimum Gasteiger partial charge on any atom is -0.394 e. The van der Waals surface area contributed by atoms with E-state index in [9.17, 15) is 4.79 Å². The molecule has 1 saturated carbocycles. The summed E-state index contributed by atoms with van der Waals surface area (Å²) in [6.07, 6.45) is 5.58. The Morgan fingerprint density at radius 2 is 1.84 bits per heavy atom. The molecule has 0 bridgehead atoms. The van der Waals surface area contributed by atoms with E-state index in [-0.39, 0.29) is 25.3 Å². The predicted octanol–water partition coefficient (Wildman–Crippen LogP) is 1.24. The lowest BCUT2D eigenvalue weighted by Gasteiger charge is -2.20. The number of carbonyl (C=O) groups excluding carboxylic acids is 1. The molecule has 5 heteroatoms. The van der Waals surface area contributed by atoms with Crippen LogP contribution in [0.15, 0.2) is 0 Å². The van der Waals surface area contributed by atoms with Crippen LogP contribution in [0.5, 0.6) is 0 Å². The fraction of sp³-hybridized carbons (Fsp3) is 0.929. The van der Waals surface area contributed by atoms with E-state index in [1.165, 1.54) is 6.42 Å². The number of hydrogen-bond acceptors (Lipinski definition) is 3. The summed E-state index contributed by atoms with van der Waals surface area (Å²) in [5.74, 6) is 1.47. The third kappa shape index (κ3) is 5.78. The summed E-state index contributed by atoms with van der Waals surface area (Å²) in [4.78, 5) is 11.7. The Morgan fingerprint density at radius 3 is 2.42 bits per heavy atom. The third-order valence-corrected chi connectivity index (χ3v) is 4.07. The van der Waals surface area contributed by atoms with Crippen molar-refractivity contribution in [1.29, 1.82) is 0 Å². The molecule has 1 aliphatic rings. The van der Waals surface area contributed by atoms with Gasteiger partial charge in [0.1, 0.15) is 0 Å². The molecule has 2 amide bonds. The minimum atomic E-state index is -0.575. The smallest absolute Gasteiger partial charge is 0.315 e. The maximum atomic E-state index is 11.7. The number of amides is 2. The molecular weight excluding hydrogens is 244 g/mol. The third-order valence-electron chi connectivity index (χ3n) is 4.07. The minimum absolute atomic E-state index is 0.210. The van der Waals surface area contributed by atoms with E-state index < -0.39 is 6.04 Å². The van der Waals surface area contributed by atoms with E-state index in [2.05, 4.69) is 24.5 Å². The van der Waals surface area contributed by atoms with E-state index in [1.54, 1.807) is 0 Å². The molecule has 0 aromatic rings. The van der Waals surface area contributed by atoms with Crippen LogP contribution in [0.3, 0.4) is 0 Å². The van der Waals surface area contributed by atoms with Crippen LogP contribution in [0.2, 0.25) is 0 Å². The Balaban J connectivity index is 2.34. The summed E-state index contributed by atoms with van der Waals surface area (Å²) in [6.45, 7) is 4.03. The summed E-state index contributed by atoms with van der Waals surface area (Å²) in [5.41, 5.74) is 0. The Hall–Kier alpha value is -0.810. The maximum absolute atomic E-state index is 11.7. The molecule has 0 aliphatic heterocycles. The van der Waals surface area contributed by atoms with E-state index in [0.29, 0.717) is 5.92 Å². The average Bonchev–Trinajstić information content (AvgIpc) is 2.61. The molecule has 0 saturated heterocycles. The van der Waals surface area contributed by atoms with Crippen molar-refractivity contribution in [3.8, 4) is 0 Å². The van der Waals surface area contributed by atoms with Gasteiger partial charge in [-0.25, -0.2) is 4.79 Å². The van der Waals surface area contributed by atoms with Crippen molar-refractivity contribution in [3.05, 3.63) is 0 Å². The summed E-state index contributed by atoms with van der Waals surface area (Å²) >= 11 is 0. The van der Waals surface area contributed by atoms with Gasteiger partial charge in [0.15, 0.2) is 0 Å². The van der Waals surface area contributed by atoms with Gasteiger partial charge in [-0.2, -0.15) is 0 Å². The van der Waals surface area contributed by atoms with Crippen LogP contribution in [0, 0.1) is 11.8 Å². The molecule has 2 atom stereocenters. The van der Waals surface area contributed by atoms with Crippen LogP contribution < -0.4 is 10.6 Å². The zero-order chi connectivity index (χ0) is 14.3. The highest BCUT2D eigenvalue weighted by Gasteiger charge is 2.22. The molecule has 1 fully saturated rings. The quantitative estimate of drug-likeness (QED) is 0.568. The first-order valence-electron chi connectivity index (χ1n) is 7.35. The van der Waals surface area contributed by atoms with Crippen molar-refractivity contribution in [3.63, 3.8) is 0 Å². The monoisotopic (exact) mass is 272 g/mol. The zero-order valence-corrected chi connectivity index (χ0v) is 12.1. The number of aliphatic hydroxyl groups excluding tert-OH is 2. The highest BCUT2D eigenvalue weighted by molar-refractivity contribution is 5.74. The first kappa shape index (κ1) is 16.2. The molecule has 0 heterocycles. The molecule has 0 aromatic heterocycles. The molecule has 1 aliphatic carbocycles. The van der Waals surface area contributed by atoms with Crippen LogP contribution >= 0.6 is 0 Å². The van der Waals surface area contributed by atoms with Gasteiger partial charge in [-0.1, -0.05) is 26.7 Å². The van der Waals surface area contributed by atoms with Gasteiger partial charge in [0.05, 0.1) is 19.3 Å². The first-order chi connectivity index (χ1) is 9.06. The first-order valence-corrected chi connectivity index (χ1v) is 7.35. The SMILES string of the molecule is CC(C)C1CCCC(NC(=O)NC(CO)CO)CC1. The van der Waals surface area contributed by atoms with Gasteiger partial charge in [0.25, 0.3) is 0 Å². The normalized spacial score (nSPS) is 24.3. The van der Waals surface area contributed by atoms with Crippen LogP contribution in [0.4, 0.5) is 4.79 Å². The fourth-order valence-corrected chi connectivity index (χ4v) is 2.70. The predicted molar refractivity (Wildman–Crippen MR) is 74.8 cm³/mol. The number of rotatable bonds is 5. The number of nitrogens with one attached hydrogen (secondary N) is 2.